The quantitative estimate of drug-likeness (QED) is 0.373. The number of nitrogens with two attached hydrogens (primary N) is 1. The fourth-order valence-electron chi connectivity index (χ4n) is 3.19. The van der Waals surface area contributed by atoms with Crippen molar-refractivity contribution in [3.05, 3.63) is 28.2 Å². The van der Waals surface area contributed by atoms with Crippen LogP contribution in [-0.2, 0) is 0 Å². The van der Waals surface area contributed by atoms with E-state index in [0.29, 0.717) is 6.04 Å². The van der Waals surface area contributed by atoms with Gasteiger partial charge in [0.15, 0.2) is 5.84 Å². The first-order valence-corrected chi connectivity index (χ1v) is 7.75. The smallest absolute Gasteiger partial charge is 0.170 e. The monoisotopic (exact) mass is 338 g/mol. The molecule has 108 valence electrons. The summed E-state index contributed by atoms with van der Waals surface area (Å²) < 4.78 is 0.994. The second-order valence-electron chi connectivity index (χ2n) is 5.43. The van der Waals surface area contributed by atoms with E-state index in [4.69, 9.17) is 10.9 Å². The van der Waals surface area contributed by atoms with E-state index in [1.807, 2.05) is 18.2 Å². The summed E-state index contributed by atoms with van der Waals surface area (Å²) in [6.45, 7) is 4.53. The zero-order valence-corrected chi connectivity index (χ0v) is 12.9. The molecular weight excluding hydrogens is 320 g/mol. The summed E-state index contributed by atoms with van der Waals surface area (Å²) >= 11 is 3.61. The fraction of sp³-hybridized carbons (Fsp3) is 0.500. The summed E-state index contributed by atoms with van der Waals surface area (Å²) in [6.07, 6.45) is 2.62. The Morgan fingerprint density at radius 2 is 2.20 bits per heavy atom. The predicted octanol–water partition coefficient (Wildman–Crippen LogP) is 1.83. The number of oxime groups is 1. The molecule has 1 aromatic rings. The maximum atomic E-state index is 8.73. The molecule has 5 nitrogen and oxygen atoms in total. The van der Waals surface area contributed by atoms with E-state index in [9.17, 15) is 0 Å². The molecule has 2 aliphatic rings. The number of rotatable bonds is 2. The van der Waals surface area contributed by atoms with Crippen LogP contribution in [0.15, 0.2) is 27.8 Å². The van der Waals surface area contributed by atoms with Crippen LogP contribution in [0.25, 0.3) is 0 Å². The Morgan fingerprint density at radius 3 is 2.95 bits per heavy atom. The summed E-state index contributed by atoms with van der Waals surface area (Å²) in [5.74, 6) is 0.137. The highest BCUT2D eigenvalue weighted by Gasteiger charge is 2.31. The number of piperazine rings is 1. The highest BCUT2D eigenvalue weighted by Crippen LogP contribution is 2.31. The van der Waals surface area contributed by atoms with E-state index in [1.54, 1.807) is 0 Å². The molecule has 0 amide bonds. The van der Waals surface area contributed by atoms with Crippen LogP contribution in [0, 0.1) is 0 Å². The molecule has 2 saturated heterocycles. The van der Waals surface area contributed by atoms with Crippen LogP contribution < -0.4 is 10.6 Å². The van der Waals surface area contributed by atoms with Gasteiger partial charge in [-0.3, -0.25) is 4.90 Å². The summed E-state index contributed by atoms with van der Waals surface area (Å²) in [5, 5.41) is 11.8. The van der Waals surface area contributed by atoms with Crippen molar-refractivity contribution >= 4 is 27.5 Å². The Morgan fingerprint density at radius 1 is 1.35 bits per heavy atom. The van der Waals surface area contributed by atoms with Crippen molar-refractivity contribution in [3.8, 4) is 0 Å². The Kier molecular flexibility index (Phi) is 3.85. The third-order valence-corrected chi connectivity index (χ3v) is 4.91. The predicted molar refractivity (Wildman–Crippen MR) is 83.5 cm³/mol. The first-order chi connectivity index (χ1) is 9.69. The van der Waals surface area contributed by atoms with Crippen LogP contribution in [0.2, 0.25) is 0 Å². The number of nitrogens with zero attached hydrogens (tertiary/aromatic N) is 3. The fourth-order valence-corrected chi connectivity index (χ4v) is 3.82. The normalized spacial score (nSPS) is 23.9. The lowest BCUT2D eigenvalue weighted by Crippen LogP contribution is -2.50. The SMILES string of the molecule is N/C(=N/O)c1ccc(N2CCN3CCCC3C2)c(Br)c1. The summed E-state index contributed by atoms with van der Waals surface area (Å²) in [5.41, 5.74) is 7.53. The van der Waals surface area contributed by atoms with Crippen molar-refractivity contribution in [1.82, 2.24) is 4.90 Å². The summed E-state index contributed by atoms with van der Waals surface area (Å²) in [7, 11) is 0. The van der Waals surface area contributed by atoms with E-state index >= 15 is 0 Å². The average Bonchev–Trinajstić information content (AvgIpc) is 2.93. The molecule has 0 aromatic heterocycles. The topological polar surface area (TPSA) is 65.1 Å². The van der Waals surface area contributed by atoms with E-state index < -0.39 is 0 Å². The summed E-state index contributed by atoms with van der Waals surface area (Å²) in [6, 6.07) is 6.54. The molecule has 2 aliphatic heterocycles. The van der Waals surface area contributed by atoms with Gasteiger partial charge in [0.05, 0.1) is 5.69 Å². The lowest BCUT2D eigenvalue weighted by Gasteiger charge is -2.39. The maximum absolute atomic E-state index is 8.73. The van der Waals surface area contributed by atoms with E-state index in [2.05, 4.69) is 30.9 Å². The number of benzene rings is 1. The van der Waals surface area contributed by atoms with Crippen LogP contribution in [0.3, 0.4) is 0 Å². The molecule has 2 fully saturated rings. The highest BCUT2D eigenvalue weighted by molar-refractivity contribution is 9.10. The van der Waals surface area contributed by atoms with Gasteiger partial charge in [0, 0.05) is 35.7 Å². The van der Waals surface area contributed by atoms with Crippen LogP contribution in [0.1, 0.15) is 18.4 Å². The van der Waals surface area contributed by atoms with Gasteiger partial charge in [0.25, 0.3) is 0 Å². The van der Waals surface area contributed by atoms with Crippen LogP contribution in [0.5, 0.6) is 0 Å². The third-order valence-electron chi connectivity index (χ3n) is 4.28. The Balaban J connectivity index is 1.80. The number of amidine groups is 1. The van der Waals surface area contributed by atoms with Gasteiger partial charge in [-0.15, -0.1) is 0 Å². The molecule has 0 aliphatic carbocycles. The second kappa shape index (κ2) is 5.61. The van der Waals surface area contributed by atoms with Gasteiger partial charge >= 0.3 is 0 Å². The molecule has 0 radical (unpaired) electrons. The highest BCUT2D eigenvalue weighted by atomic mass is 79.9. The molecule has 1 aromatic carbocycles. The minimum atomic E-state index is 0.137. The second-order valence-corrected chi connectivity index (χ2v) is 6.28. The van der Waals surface area contributed by atoms with Crippen molar-refractivity contribution in [2.45, 2.75) is 18.9 Å². The van der Waals surface area contributed by atoms with Gasteiger partial charge in [-0.1, -0.05) is 5.16 Å². The Labute approximate surface area is 127 Å². The van der Waals surface area contributed by atoms with E-state index in [-0.39, 0.29) is 5.84 Å². The molecule has 1 unspecified atom stereocenters. The lowest BCUT2D eigenvalue weighted by atomic mass is 10.1. The zero-order valence-electron chi connectivity index (χ0n) is 11.3. The van der Waals surface area contributed by atoms with Crippen LogP contribution in [-0.4, -0.2) is 48.2 Å². The van der Waals surface area contributed by atoms with Gasteiger partial charge < -0.3 is 15.8 Å². The van der Waals surface area contributed by atoms with Gasteiger partial charge in [0.2, 0.25) is 0 Å². The Bertz CT molecular complexity index is 534. The van der Waals surface area contributed by atoms with Gasteiger partial charge in [-0.05, 0) is 53.5 Å². The van der Waals surface area contributed by atoms with Gasteiger partial charge in [-0.25, -0.2) is 0 Å². The largest absolute Gasteiger partial charge is 0.409 e. The number of fused-ring (bicyclic) bond motifs is 1. The summed E-state index contributed by atoms with van der Waals surface area (Å²) in [4.78, 5) is 5.02. The lowest BCUT2D eigenvalue weighted by molar-refractivity contribution is 0.231. The number of hydrogen-bond donors (Lipinski definition) is 2. The first kappa shape index (κ1) is 13.7. The zero-order chi connectivity index (χ0) is 14.1. The Hall–Kier alpha value is -1.27. The molecule has 3 N–H and O–H groups in total. The molecule has 6 heteroatoms. The molecule has 1 atom stereocenters. The van der Waals surface area contributed by atoms with Crippen molar-refractivity contribution in [1.29, 1.82) is 0 Å². The van der Waals surface area contributed by atoms with Crippen molar-refractivity contribution in [3.63, 3.8) is 0 Å². The van der Waals surface area contributed by atoms with E-state index in [0.717, 1.165) is 29.7 Å². The number of hydrogen-bond acceptors (Lipinski definition) is 4. The molecule has 2 heterocycles. The molecule has 0 bridgehead atoms. The standard InChI is InChI=1S/C14H19BrN4O/c15-12-8-10(14(16)17-20)3-4-13(12)19-7-6-18-5-1-2-11(18)9-19/h3-4,8,11,20H,1-2,5-7,9H2,(H2,16,17). The number of halogens is 1. The average molecular weight is 339 g/mol. The van der Waals surface area contributed by atoms with Gasteiger partial charge in [-0.2, -0.15) is 0 Å². The van der Waals surface area contributed by atoms with Gasteiger partial charge in [0.1, 0.15) is 0 Å². The van der Waals surface area contributed by atoms with Crippen LogP contribution in [0.4, 0.5) is 5.69 Å². The van der Waals surface area contributed by atoms with Crippen molar-refractivity contribution in [2.75, 3.05) is 31.1 Å². The molecular formula is C14H19BrN4O. The van der Waals surface area contributed by atoms with Crippen molar-refractivity contribution in [2.24, 2.45) is 10.9 Å². The number of anilines is 1. The maximum Gasteiger partial charge on any atom is 0.170 e. The molecule has 0 saturated carbocycles. The van der Waals surface area contributed by atoms with Crippen LogP contribution >= 0.6 is 15.9 Å². The molecule has 3 rings (SSSR count). The first-order valence-electron chi connectivity index (χ1n) is 6.95. The minimum absolute atomic E-state index is 0.137. The van der Waals surface area contributed by atoms with Crippen molar-refractivity contribution < 1.29 is 5.21 Å². The molecule has 0 spiro atoms. The van der Waals surface area contributed by atoms with E-state index in [1.165, 1.54) is 25.1 Å². The minimum Gasteiger partial charge on any atom is -0.409 e. The molecule has 20 heavy (non-hydrogen) atoms. The third kappa shape index (κ3) is 2.50.